The Labute approximate surface area is 182 Å². The number of carboxylic acids is 1. The summed E-state index contributed by atoms with van der Waals surface area (Å²) in [6.45, 7) is 0. The summed E-state index contributed by atoms with van der Waals surface area (Å²) in [6, 6.07) is 8.87. The maximum atomic E-state index is 12.7. The van der Waals surface area contributed by atoms with Crippen molar-refractivity contribution in [2.45, 2.75) is 32.1 Å². The summed E-state index contributed by atoms with van der Waals surface area (Å²) in [4.78, 5) is 24.5. The van der Waals surface area contributed by atoms with Crippen molar-refractivity contribution in [2.24, 2.45) is 0 Å². The number of methoxy groups -OCH3 is 1. The molecule has 0 saturated heterocycles. The van der Waals surface area contributed by atoms with Crippen LogP contribution in [-0.2, 0) is 24.1 Å². The first-order chi connectivity index (χ1) is 15.0. The van der Waals surface area contributed by atoms with Gasteiger partial charge in [-0.2, -0.15) is 0 Å². The van der Waals surface area contributed by atoms with Crippen molar-refractivity contribution >= 4 is 39.5 Å². The fraction of sp³-hybridized carbons (Fsp3) is 0.250. The van der Waals surface area contributed by atoms with Crippen molar-refractivity contribution in [1.82, 2.24) is 0 Å². The van der Waals surface area contributed by atoms with Crippen LogP contribution in [0.1, 0.15) is 29.5 Å². The van der Waals surface area contributed by atoms with E-state index >= 15 is 0 Å². The zero-order valence-electron chi connectivity index (χ0n) is 16.8. The minimum atomic E-state index is -1.02. The molecule has 0 radical (unpaired) electrons. The zero-order chi connectivity index (χ0) is 21.7. The lowest BCUT2D eigenvalue weighted by Gasteiger charge is -2.16. The van der Waals surface area contributed by atoms with Crippen LogP contribution in [0.15, 0.2) is 44.0 Å². The van der Waals surface area contributed by atoms with Crippen molar-refractivity contribution in [3.63, 3.8) is 0 Å². The summed E-state index contributed by atoms with van der Waals surface area (Å²) < 4.78 is 17.0. The largest absolute Gasteiger partial charge is 0.497 e. The lowest BCUT2D eigenvalue weighted by molar-refractivity contribution is -0.136. The summed E-state index contributed by atoms with van der Waals surface area (Å²) in [5.74, 6) is 0.0291. The van der Waals surface area contributed by atoms with Gasteiger partial charge in [-0.15, -0.1) is 0 Å². The number of aryl methyl sites for hydroxylation is 1. The SMILES string of the molecule is COc1ccc(-c2oc3c(Cl)cc4c5c(c(=O)oc4c3c2CC(=O)O)CCCC5)cc1. The number of benzene rings is 2. The topological polar surface area (TPSA) is 89.9 Å². The van der Waals surface area contributed by atoms with Crippen LogP contribution < -0.4 is 10.4 Å². The molecule has 5 rings (SSSR count). The lowest BCUT2D eigenvalue weighted by atomic mass is 9.89. The van der Waals surface area contributed by atoms with Crippen LogP contribution in [0, 0.1) is 0 Å². The van der Waals surface area contributed by atoms with E-state index in [1.165, 1.54) is 0 Å². The van der Waals surface area contributed by atoms with Gasteiger partial charge < -0.3 is 18.7 Å². The van der Waals surface area contributed by atoms with E-state index in [9.17, 15) is 14.7 Å². The third-order valence-corrected chi connectivity index (χ3v) is 6.16. The first-order valence-corrected chi connectivity index (χ1v) is 10.4. The Bertz CT molecular complexity index is 1390. The van der Waals surface area contributed by atoms with Gasteiger partial charge in [0.05, 0.1) is 23.9 Å². The van der Waals surface area contributed by atoms with Crippen molar-refractivity contribution in [1.29, 1.82) is 0 Å². The number of fused-ring (bicyclic) bond motifs is 5. The molecular weight excluding hydrogens is 420 g/mol. The summed E-state index contributed by atoms with van der Waals surface area (Å²) in [5.41, 5.74) is 3.01. The Morgan fingerprint density at radius 1 is 1.10 bits per heavy atom. The third kappa shape index (κ3) is 3.18. The van der Waals surface area contributed by atoms with Gasteiger partial charge in [0.25, 0.3) is 0 Å². The third-order valence-electron chi connectivity index (χ3n) is 5.88. The number of furan rings is 1. The molecule has 1 aliphatic rings. The Hall–Kier alpha value is -3.25. The second-order valence-corrected chi connectivity index (χ2v) is 8.11. The van der Waals surface area contributed by atoms with Gasteiger partial charge in [-0.05, 0) is 61.6 Å². The van der Waals surface area contributed by atoms with E-state index in [1.54, 1.807) is 37.4 Å². The number of ether oxygens (including phenoxy) is 1. The molecule has 0 unspecified atom stereocenters. The lowest BCUT2D eigenvalue weighted by Crippen LogP contribution is -2.16. The molecule has 158 valence electrons. The smallest absolute Gasteiger partial charge is 0.339 e. The molecule has 31 heavy (non-hydrogen) atoms. The molecule has 6 nitrogen and oxygen atoms in total. The van der Waals surface area contributed by atoms with E-state index in [2.05, 4.69) is 0 Å². The van der Waals surface area contributed by atoms with Gasteiger partial charge >= 0.3 is 11.6 Å². The highest BCUT2D eigenvalue weighted by Crippen LogP contribution is 2.43. The predicted octanol–water partition coefficient (Wildman–Crippen LogP) is 5.37. The van der Waals surface area contributed by atoms with E-state index in [0.29, 0.717) is 56.2 Å². The standard InChI is InChI=1S/C24H19ClO6/c1-29-13-8-6-12(7-9-13)21-17(11-19(26)27)20-22-16(10-18(25)23(20)30-21)14-4-2-3-5-15(14)24(28)31-22/h6-10H,2-5,11H2,1H3,(H,26,27). The number of rotatable bonds is 4. The molecule has 0 bridgehead atoms. The van der Waals surface area contributed by atoms with Crippen molar-refractivity contribution < 1.29 is 23.5 Å². The second-order valence-electron chi connectivity index (χ2n) is 7.70. The Kier molecular flexibility index (Phi) is 4.74. The van der Waals surface area contributed by atoms with Gasteiger partial charge in [-0.1, -0.05) is 11.6 Å². The van der Waals surface area contributed by atoms with Crippen LogP contribution >= 0.6 is 11.6 Å². The van der Waals surface area contributed by atoms with E-state index in [0.717, 1.165) is 30.2 Å². The molecule has 1 N–H and O–H groups in total. The highest BCUT2D eigenvalue weighted by Gasteiger charge is 2.27. The number of carboxylic acid groups (broad SMARTS) is 1. The average molecular weight is 439 g/mol. The van der Waals surface area contributed by atoms with Gasteiger partial charge in [-0.25, -0.2) is 4.79 Å². The molecule has 2 heterocycles. The number of hydrogen-bond donors (Lipinski definition) is 1. The molecule has 0 atom stereocenters. The average Bonchev–Trinajstić information content (AvgIpc) is 3.14. The fourth-order valence-electron chi connectivity index (χ4n) is 4.47. The highest BCUT2D eigenvalue weighted by atomic mass is 35.5. The van der Waals surface area contributed by atoms with E-state index in [1.807, 2.05) is 0 Å². The van der Waals surface area contributed by atoms with Crippen molar-refractivity contribution in [3.8, 4) is 17.1 Å². The molecular formula is C24H19ClO6. The van der Waals surface area contributed by atoms with E-state index < -0.39 is 5.97 Å². The monoisotopic (exact) mass is 438 g/mol. The first-order valence-electron chi connectivity index (χ1n) is 10.1. The molecule has 1 aliphatic carbocycles. The van der Waals surface area contributed by atoms with Crippen LogP contribution in [0.4, 0.5) is 0 Å². The highest BCUT2D eigenvalue weighted by molar-refractivity contribution is 6.37. The molecule has 2 aromatic heterocycles. The minimum Gasteiger partial charge on any atom is -0.497 e. The normalized spacial score (nSPS) is 13.5. The van der Waals surface area contributed by atoms with Crippen LogP contribution in [0.25, 0.3) is 33.3 Å². The zero-order valence-corrected chi connectivity index (χ0v) is 17.5. The van der Waals surface area contributed by atoms with Gasteiger partial charge in [0.1, 0.15) is 17.1 Å². The van der Waals surface area contributed by atoms with Crippen molar-refractivity contribution in [2.75, 3.05) is 7.11 Å². The van der Waals surface area contributed by atoms with Gasteiger partial charge in [-0.3, -0.25) is 4.79 Å². The van der Waals surface area contributed by atoms with Gasteiger partial charge in [0.15, 0.2) is 5.58 Å². The maximum absolute atomic E-state index is 12.7. The Morgan fingerprint density at radius 2 is 1.81 bits per heavy atom. The summed E-state index contributed by atoms with van der Waals surface area (Å²) >= 11 is 6.59. The first kappa shape index (κ1) is 19.7. The minimum absolute atomic E-state index is 0.301. The number of halogens is 1. The molecule has 2 aromatic carbocycles. The molecule has 0 spiro atoms. The van der Waals surface area contributed by atoms with Crippen LogP contribution in [-0.4, -0.2) is 18.2 Å². The number of hydrogen-bond acceptors (Lipinski definition) is 5. The van der Waals surface area contributed by atoms with Crippen LogP contribution in [0.5, 0.6) is 5.75 Å². The van der Waals surface area contributed by atoms with E-state index in [-0.39, 0.29) is 12.0 Å². The quantitative estimate of drug-likeness (QED) is 0.430. The number of aliphatic carboxylic acids is 1. The molecule has 0 amide bonds. The summed E-state index contributed by atoms with van der Waals surface area (Å²) in [7, 11) is 1.57. The van der Waals surface area contributed by atoms with Crippen LogP contribution in [0.2, 0.25) is 5.02 Å². The summed E-state index contributed by atoms with van der Waals surface area (Å²) in [5, 5.41) is 11.2. The van der Waals surface area contributed by atoms with Crippen LogP contribution in [0.3, 0.4) is 0 Å². The molecule has 7 heteroatoms. The maximum Gasteiger partial charge on any atom is 0.339 e. The fourth-order valence-corrected chi connectivity index (χ4v) is 4.72. The second kappa shape index (κ2) is 7.46. The van der Waals surface area contributed by atoms with Gasteiger partial charge in [0.2, 0.25) is 0 Å². The van der Waals surface area contributed by atoms with E-state index in [4.69, 9.17) is 25.2 Å². The molecule has 0 aliphatic heterocycles. The Balaban J connectivity index is 1.88. The van der Waals surface area contributed by atoms with Crippen molar-refractivity contribution in [3.05, 3.63) is 62.5 Å². The molecule has 4 aromatic rings. The number of carbonyl (C=O) groups is 1. The molecule has 0 fully saturated rings. The predicted molar refractivity (Wildman–Crippen MR) is 117 cm³/mol. The van der Waals surface area contributed by atoms with Gasteiger partial charge in [0, 0.05) is 22.1 Å². The summed E-state index contributed by atoms with van der Waals surface area (Å²) in [6.07, 6.45) is 3.05. The molecule has 0 saturated carbocycles. The Morgan fingerprint density at radius 3 is 2.48 bits per heavy atom.